The Balaban J connectivity index is 1.33. The van der Waals surface area contributed by atoms with E-state index in [-0.39, 0.29) is 21.7 Å². The van der Waals surface area contributed by atoms with E-state index in [1.807, 2.05) is 11.3 Å². The zero-order valence-electron chi connectivity index (χ0n) is 37.8. The molecule has 3 nitrogen and oxygen atoms in total. The molecule has 10 rings (SSSR count). The van der Waals surface area contributed by atoms with Crippen LogP contribution in [0.25, 0.3) is 21.2 Å². The van der Waals surface area contributed by atoms with Gasteiger partial charge in [0.1, 0.15) is 5.00 Å². The van der Waals surface area contributed by atoms with Gasteiger partial charge in [-0.1, -0.05) is 145 Å². The SMILES string of the molecule is CC(C)c1cc2c3c(c1)N(c1ccc(C(C)(C)C)cc1)c1c(sc4cc5c(cc14)-c1ccccc1C5(C)C)N3c1cc(C(C)(C)C)ccc1N2c1ccc(C(C)(C)C)cc1. The van der Waals surface area contributed by atoms with Crippen molar-refractivity contribution in [3.8, 4) is 11.1 Å². The highest BCUT2D eigenvalue weighted by atomic mass is 32.1. The van der Waals surface area contributed by atoms with E-state index >= 15 is 0 Å². The first kappa shape index (κ1) is 38.9. The average Bonchev–Trinajstić information content (AvgIpc) is 3.67. The average molecular weight is 806 g/mol. The maximum atomic E-state index is 2.64. The molecule has 60 heavy (non-hydrogen) atoms. The Morgan fingerprint density at radius 1 is 0.483 bits per heavy atom. The van der Waals surface area contributed by atoms with Crippen molar-refractivity contribution in [3.05, 3.63) is 149 Å². The van der Waals surface area contributed by atoms with Gasteiger partial charge in [-0.15, -0.1) is 11.3 Å². The van der Waals surface area contributed by atoms with Gasteiger partial charge in [-0.05, 0) is 127 Å². The molecular formula is C56H59N3S. The minimum Gasteiger partial charge on any atom is -0.306 e. The summed E-state index contributed by atoms with van der Waals surface area (Å²) >= 11 is 1.94. The van der Waals surface area contributed by atoms with E-state index in [1.165, 1.54) is 105 Å². The van der Waals surface area contributed by atoms with Crippen molar-refractivity contribution < 1.29 is 0 Å². The van der Waals surface area contributed by atoms with E-state index in [2.05, 4.69) is 220 Å². The molecule has 4 heteroatoms. The highest BCUT2D eigenvalue weighted by molar-refractivity contribution is 7.24. The van der Waals surface area contributed by atoms with Gasteiger partial charge < -0.3 is 9.80 Å². The number of hydrogen-bond acceptors (Lipinski definition) is 4. The third-order valence-corrected chi connectivity index (χ3v) is 14.7. The van der Waals surface area contributed by atoms with Crippen molar-refractivity contribution in [1.29, 1.82) is 0 Å². The highest BCUT2D eigenvalue weighted by Gasteiger charge is 2.44. The maximum Gasteiger partial charge on any atom is 0.126 e. The summed E-state index contributed by atoms with van der Waals surface area (Å²) in [6, 6.07) is 45.0. The summed E-state index contributed by atoms with van der Waals surface area (Å²) in [5.74, 6) is 0.322. The number of thiophene rings is 1. The first-order valence-corrected chi connectivity index (χ1v) is 22.7. The molecule has 3 aliphatic rings. The lowest BCUT2D eigenvalue weighted by Gasteiger charge is -2.46. The molecule has 0 saturated carbocycles. The number of rotatable bonds is 3. The fourth-order valence-corrected chi connectivity index (χ4v) is 11.1. The lowest BCUT2D eigenvalue weighted by molar-refractivity contribution is 0.590. The molecule has 304 valence electrons. The van der Waals surface area contributed by atoms with Crippen molar-refractivity contribution in [1.82, 2.24) is 0 Å². The summed E-state index contributed by atoms with van der Waals surface area (Å²) < 4.78 is 1.32. The van der Waals surface area contributed by atoms with Crippen LogP contribution >= 0.6 is 11.3 Å². The van der Waals surface area contributed by atoms with Gasteiger partial charge in [0.05, 0.1) is 34.1 Å². The molecule has 0 spiro atoms. The zero-order chi connectivity index (χ0) is 42.4. The molecule has 1 aliphatic carbocycles. The Labute approximate surface area is 362 Å². The van der Waals surface area contributed by atoms with Gasteiger partial charge >= 0.3 is 0 Å². The maximum absolute atomic E-state index is 2.64. The van der Waals surface area contributed by atoms with Crippen molar-refractivity contribution in [2.24, 2.45) is 0 Å². The van der Waals surface area contributed by atoms with Crippen LogP contribution in [0.2, 0.25) is 0 Å². The Morgan fingerprint density at radius 2 is 1.03 bits per heavy atom. The van der Waals surface area contributed by atoms with Crippen molar-refractivity contribution in [2.75, 3.05) is 14.7 Å². The number of anilines is 9. The monoisotopic (exact) mass is 805 g/mol. The van der Waals surface area contributed by atoms with Crippen LogP contribution in [-0.2, 0) is 21.7 Å². The molecule has 0 N–H and O–H groups in total. The van der Waals surface area contributed by atoms with Crippen LogP contribution in [0.1, 0.15) is 129 Å². The zero-order valence-corrected chi connectivity index (χ0v) is 38.6. The third-order valence-electron chi connectivity index (χ3n) is 13.5. The largest absolute Gasteiger partial charge is 0.306 e. The molecule has 3 heterocycles. The molecule has 0 unspecified atom stereocenters. The van der Waals surface area contributed by atoms with E-state index in [4.69, 9.17) is 0 Å². The topological polar surface area (TPSA) is 9.72 Å². The smallest absolute Gasteiger partial charge is 0.126 e. The normalized spacial score (nSPS) is 15.3. The second kappa shape index (κ2) is 12.8. The number of hydrogen-bond donors (Lipinski definition) is 0. The first-order chi connectivity index (χ1) is 28.2. The van der Waals surface area contributed by atoms with Crippen LogP contribution in [0.5, 0.6) is 0 Å². The number of nitrogens with zero attached hydrogens (tertiary/aromatic N) is 3. The van der Waals surface area contributed by atoms with Crippen LogP contribution in [0.15, 0.2) is 115 Å². The summed E-state index contributed by atoms with van der Waals surface area (Å²) in [5, 5.41) is 2.57. The van der Waals surface area contributed by atoms with Gasteiger partial charge in [0, 0.05) is 26.9 Å². The molecule has 0 saturated heterocycles. The van der Waals surface area contributed by atoms with Gasteiger partial charge in [-0.2, -0.15) is 0 Å². The molecule has 0 bridgehead atoms. The van der Waals surface area contributed by atoms with Gasteiger partial charge in [-0.3, -0.25) is 4.90 Å². The second-order valence-electron chi connectivity index (χ2n) is 21.4. The fourth-order valence-electron chi connectivity index (χ4n) is 9.87. The van der Waals surface area contributed by atoms with E-state index in [1.54, 1.807) is 0 Å². The molecule has 7 aromatic rings. The highest BCUT2D eigenvalue weighted by Crippen LogP contribution is 2.68. The Bertz CT molecular complexity index is 2870. The van der Waals surface area contributed by atoms with E-state index in [0.29, 0.717) is 5.92 Å². The van der Waals surface area contributed by atoms with Crippen LogP contribution < -0.4 is 14.7 Å². The summed E-state index contributed by atoms with van der Waals surface area (Å²) in [4.78, 5) is 7.80. The van der Waals surface area contributed by atoms with Gasteiger partial charge in [-0.25, -0.2) is 0 Å². The van der Waals surface area contributed by atoms with E-state index in [9.17, 15) is 0 Å². The van der Waals surface area contributed by atoms with Crippen molar-refractivity contribution in [3.63, 3.8) is 0 Å². The minimum atomic E-state index is -0.0856. The van der Waals surface area contributed by atoms with Crippen LogP contribution in [0.4, 0.5) is 50.5 Å². The summed E-state index contributed by atoms with van der Waals surface area (Å²) in [5.41, 5.74) is 20.6. The third kappa shape index (κ3) is 5.73. The molecule has 0 fully saturated rings. The minimum absolute atomic E-state index is 0.0295. The van der Waals surface area contributed by atoms with Crippen molar-refractivity contribution >= 4 is 71.9 Å². The van der Waals surface area contributed by atoms with Crippen LogP contribution in [-0.4, -0.2) is 0 Å². The standard InChI is InChI=1S/C56H59N3S/c1-33(2)34-28-47-51-48(29-34)58(39-25-20-36(21-26-39)54(6,7)8)50-42-31-41-40-16-14-15-17-43(40)56(12,13)44(41)32-49(42)60-52(50)59(51)46-30-37(55(9,10)11)22-27-45(46)57(47)38-23-18-35(19-24-38)53(3,4)5/h14-33H,1-13H3. The van der Waals surface area contributed by atoms with E-state index < -0.39 is 0 Å². The summed E-state index contributed by atoms with van der Waals surface area (Å²) in [7, 11) is 0. The van der Waals surface area contributed by atoms with Gasteiger partial charge in [0.15, 0.2) is 0 Å². The first-order valence-electron chi connectivity index (χ1n) is 21.9. The molecule has 0 radical (unpaired) electrons. The second-order valence-corrected chi connectivity index (χ2v) is 22.5. The predicted octanol–water partition coefficient (Wildman–Crippen LogP) is 17.3. The number of benzene rings is 6. The molecule has 2 aliphatic heterocycles. The molecule has 0 atom stereocenters. The quantitative estimate of drug-likeness (QED) is 0.176. The Hall–Kier alpha value is -5.32. The summed E-state index contributed by atoms with van der Waals surface area (Å²) in [6.45, 7) is 30.3. The van der Waals surface area contributed by atoms with E-state index in [0.717, 1.165) is 0 Å². The molecule has 1 aromatic heterocycles. The lowest BCUT2D eigenvalue weighted by Crippen LogP contribution is -2.30. The van der Waals surface area contributed by atoms with Crippen LogP contribution in [0, 0.1) is 0 Å². The van der Waals surface area contributed by atoms with Gasteiger partial charge in [0.25, 0.3) is 0 Å². The Kier molecular flexibility index (Phi) is 8.32. The fraction of sp³-hybridized carbons (Fsp3) is 0.321. The predicted molar refractivity (Wildman–Crippen MR) is 261 cm³/mol. The van der Waals surface area contributed by atoms with Crippen LogP contribution in [0.3, 0.4) is 0 Å². The Morgan fingerprint density at radius 3 is 1.62 bits per heavy atom. The summed E-state index contributed by atoms with van der Waals surface area (Å²) in [6.07, 6.45) is 0. The van der Waals surface area contributed by atoms with Crippen molar-refractivity contribution in [2.45, 2.75) is 118 Å². The molecule has 6 aromatic carbocycles. The van der Waals surface area contributed by atoms with Gasteiger partial charge in [0.2, 0.25) is 0 Å². The molecule has 0 amide bonds. The lowest BCUT2D eigenvalue weighted by atomic mass is 9.82. The number of fused-ring (bicyclic) bond motifs is 9. The molecular weight excluding hydrogens is 747 g/mol.